The Morgan fingerprint density at radius 2 is 2.09 bits per heavy atom. The van der Waals surface area contributed by atoms with Crippen LogP contribution in [0.15, 0.2) is 0 Å². The largest absolute Gasteiger partial charge is 0.253 e. The molecule has 0 radical (unpaired) electrons. The molecule has 0 amide bonds. The molecule has 0 aromatic heterocycles. The summed E-state index contributed by atoms with van der Waals surface area (Å²) in [4.78, 5) is 0. The van der Waals surface area contributed by atoms with Gasteiger partial charge in [-0.2, -0.15) is 0 Å². The van der Waals surface area contributed by atoms with E-state index in [0.717, 1.165) is 12.0 Å². The first-order chi connectivity index (χ1) is 5.22. The molecule has 1 aliphatic carbocycles. The molecule has 2 unspecified atom stereocenters. The lowest BCUT2D eigenvalue weighted by molar-refractivity contribution is 0.239. The average molecular weight is 156 g/mol. The van der Waals surface area contributed by atoms with Gasteiger partial charge in [0, 0.05) is 20.1 Å². The molecule has 2 heteroatoms. The third kappa shape index (κ3) is 2.80. The highest BCUT2D eigenvalue weighted by Crippen LogP contribution is 2.27. The minimum absolute atomic E-state index is 0.745. The van der Waals surface area contributed by atoms with Gasteiger partial charge < -0.3 is 0 Å². The number of rotatable bonds is 3. The fourth-order valence-corrected chi connectivity index (χ4v) is 1.93. The zero-order chi connectivity index (χ0) is 8.27. The van der Waals surface area contributed by atoms with Crippen LogP contribution in [0.5, 0.6) is 0 Å². The number of hydrazine groups is 1. The smallest absolute Gasteiger partial charge is 0.0217 e. The molecule has 0 bridgehead atoms. The summed E-state index contributed by atoms with van der Waals surface area (Å²) in [5.74, 6) is 0.979. The second-order valence-electron chi connectivity index (χ2n) is 3.81. The number of hydrogen-bond acceptors (Lipinski definition) is 2. The van der Waals surface area contributed by atoms with Gasteiger partial charge in [-0.3, -0.25) is 10.4 Å². The first-order valence-electron chi connectivity index (χ1n) is 4.66. The third-order valence-electron chi connectivity index (χ3n) is 2.56. The van der Waals surface area contributed by atoms with E-state index in [1.807, 2.05) is 0 Å². The molecule has 1 N–H and O–H groups in total. The van der Waals surface area contributed by atoms with Crippen molar-refractivity contribution >= 4 is 0 Å². The third-order valence-corrected chi connectivity index (χ3v) is 2.56. The van der Waals surface area contributed by atoms with Crippen LogP contribution in [0.1, 0.15) is 32.6 Å². The molecule has 0 aliphatic heterocycles. The van der Waals surface area contributed by atoms with Gasteiger partial charge in [-0.05, 0) is 25.2 Å². The molecule has 1 aliphatic rings. The molecule has 0 aromatic rings. The quantitative estimate of drug-likeness (QED) is 0.625. The molecule has 2 nitrogen and oxygen atoms in total. The van der Waals surface area contributed by atoms with Crippen molar-refractivity contribution < 1.29 is 0 Å². The number of nitrogens with one attached hydrogen (secondary N) is 1. The summed E-state index contributed by atoms with van der Waals surface area (Å²) >= 11 is 0. The Bertz CT molecular complexity index is 112. The van der Waals surface area contributed by atoms with Crippen molar-refractivity contribution in [3.05, 3.63) is 0 Å². The van der Waals surface area contributed by atoms with Crippen LogP contribution in [0.3, 0.4) is 0 Å². The van der Waals surface area contributed by atoms with Crippen LogP contribution in [-0.2, 0) is 0 Å². The summed E-state index contributed by atoms with van der Waals surface area (Å²) in [6.07, 6.45) is 5.50. The summed E-state index contributed by atoms with van der Waals surface area (Å²) in [5.41, 5.74) is 3.44. The zero-order valence-electron chi connectivity index (χ0n) is 7.93. The van der Waals surface area contributed by atoms with E-state index in [4.69, 9.17) is 0 Å². The van der Waals surface area contributed by atoms with Crippen molar-refractivity contribution in [2.24, 2.45) is 5.92 Å². The highest BCUT2D eigenvalue weighted by Gasteiger charge is 2.22. The fraction of sp³-hybridized carbons (Fsp3) is 1.00. The van der Waals surface area contributed by atoms with Crippen LogP contribution in [-0.4, -0.2) is 25.1 Å². The predicted molar refractivity (Wildman–Crippen MR) is 48.2 cm³/mol. The standard InChI is InChI=1S/C9H20N2/c1-4-8-5-6-9(7-8)10-11(2)3/h8-10H,4-7H2,1-3H3. The van der Waals surface area contributed by atoms with Crippen LogP contribution < -0.4 is 5.43 Å². The van der Waals surface area contributed by atoms with E-state index in [9.17, 15) is 0 Å². The lowest BCUT2D eigenvalue weighted by atomic mass is 10.1. The monoisotopic (exact) mass is 156 g/mol. The Morgan fingerprint density at radius 3 is 2.55 bits per heavy atom. The van der Waals surface area contributed by atoms with Crippen LogP contribution in [0.2, 0.25) is 0 Å². The Balaban J connectivity index is 2.19. The first-order valence-corrected chi connectivity index (χ1v) is 4.66. The van der Waals surface area contributed by atoms with Crippen LogP contribution in [0, 0.1) is 5.92 Å². The topological polar surface area (TPSA) is 15.3 Å². The Morgan fingerprint density at radius 1 is 1.36 bits per heavy atom. The SMILES string of the molecule is CCC1CCC(NN(C)C)C1. The van der Waals surface area contributed by atoms with E-state index in [1.54, 1.807) is 0 Å². The summed E-state index contributed by atoms with van der Waals surface area (Å²) in [6, 6.07) is 0.745. The Labute approximate surface area is 69.9 Å². The van der Waals surface area contributed by atoms with Crippen LogP contribution in [0.25, 0.3) is 0 Å². The number of hydrogen-bond donors (Lipinski definition) is 1. The van der Waals surface area contributed by atoms with Gasteiger partial charge in [0.05, 0.1) is 0 Å². The second kappa shape index (κ2) is 4.07. The summed E-state index contributed by atoms with van der Waals surface area (Å²) in [6.45, 7) is 2.29. The van der Waals surface area contributed by atoms with Gasteiger partial charge in [0.15, 0.2) is 0 Å². The van der Waals surface area contributed by atoms with Gasteiger partial charge in [0.25, 0.3) is 0 Å². The van der Waals surface area contributed by atoms with Gasteiger partial charge in [0.2, 0.25) is 0 Å². The molecule has 0 aromatic carbocycles. The lowest BCUT2D eigenvalue weighted by Crippen LogP contribution is -2.38. The summed E-state index contributed by atoms with van der Waals surface area (Å²) in [5, 5.41) is 2.07. The molecule has 0 heterocycles. The highest BCUT2D eigenvalue weighted by molar-refractivity contribution is 4.78. The molecule has 1 saturated carbocycles. The van der Waals surface area contributed by atoms with E-state index in [2.05, 4.69) is 31.5 Å². The minimum atomic E-state index is 0.745. The van der Waals surface area contributed by atoms with Gasteiger partial charge in [-0.15, -0.1) is 0 Å². The van der Waals surface area contributed by atoms with E-state index >= 15 is 0 Å². The molecule has 1 rings (SSSR count). The van der Waals surface area contributed by atoms with Crippen molar-refractivity contribution in [3.8, 4) is 0 Å². The zero-order valence-corrected chi connectivity index (χ0v) is 7.93. The van der Waals surface area contributed by atoms with Crippen molar-refractivity contribution in [3.63, 3.8) is 0 Å². The van der Waals surface area contributed by atoms with E-state index in [1.165, 1.54) is 25.7 Å². The van der Waals surface area contributed by atoms with Crippen molar-refractivity contribution in [1.29, 1.82) is 0 Å². The summed E-state index contributed by atoms with van der Waals surface area (Å²) < 4.78 is 0. The van der Waals surface area contributed by atoms with Crippen molar-refractivity contribution in [1.82, 2.24) is 10.4 Å². The fourth-order valence-electron chi connectivity index (χ4n) is 1.93. The normalized spacial score (nSPS) is 31.6. The van der Waals surface area contributed by atoms with E-state index in [-0.39, 0.29) is 0 Å². The van der Waals surface area contributed by atoms with Crippen molar-refractivity contribution in [2.75, 3.05) is 14.1 Å². The number of nitrogens with zero attached hydrogens (tertiary/aromatic N) is 1. The lowest BCUT2D eigenvalue weighted by Gasteiger charge is -2.18. The van der Waals surface area contributed by atoms with Crippen LogP contribution >= 0.6 is 0 Å². The molecule has 1 fully saturated rings. The average Bonchev–Trinajstić information content (AvgIpc) is 2.34. The molecular formula is C9H20N2. The van der Waals surface area contributed by atoms with E-state index < -0.39 is 0 Å². The van der Waals surface area contributed by atoms with Crippen molar-refractivity contribution in [2.45, 2.75) is 38.6 Å². The molecule has 66 valence electrons. The summed E-state index contributed by atoms with van der Waals surface area (Å²) in [7, 11) is 4.14. The molecule has 0 saturated heterocycles. The molecule has 11 heavy (non-hydrogen) atoms. The van der Waals surface area contributed by atoms with E-state index in [0.29, 0.717) is 0 Å². The van der Waals surface area contributed by atoms with Crippen LogP contribution in [0.4, 0.5) is 0 Å². The Hall–Kier alpha value is -0.0800. The minimum Gasteiger partial charge on any atom is -0.253 e. The van der Waals surface area contributed by atoms with Gasteiger partial charge in [0.1, 0.15) is 0 Å². The second-order valence-corrected chi connectivity index (χ2v) is 3.81. The molecule has 0 spiro atoms. The maximum Gasteiger partial charge on any atom is 0.0217 e. The molecular weight excluding hydrogens is 136 g/mol. The van der Waals surface area contributed by atoms with Gasteiger partial charge >= 0.3 is 0 Å². The maximum absolute atomic E-state index is 3.44. The first kappa shape index (κ1) is 9.01. The van der Waals surface area contributed by atoms with Gasteiger partial charge in [-0.1, -0.05) is 13.3 Å². The Kier molecular flexibility index (Phi) is 3.34. The molecule has 2 atom stereocenters. The van der Waals surface area contributed by atoms with Gasteiger partial charge in [-0.25, -0.2) is 0 Å². The maximum atomic E-state index is 3.44. The highest BCUT2D eigenvalue weighted by atomic mass is 15.5. The predicted octanol–water partition coefficient (Wildman–Crippen LogP) is 1.63.